The van der Waals surface area contributed by atoms with Gasteiger partial charge in [0.1, 0.15) is 0 Å². The van der Waals surface area contributed by atoms with E-state index in [-0.39, 0.29) is 18.1 Å². The van der Waals surface area contributed by atoms with Gasteiger partial charge in [-0.1, -0.05) is 19.8 Å². The molecule has 0 spiro atoms. The lowest BCUT2D eigenvalue weighted by Gasteiger charge is -2.48. The lowest BCUT2D eigenvalue weighted by Crippen LogP contribution is -2.53. The van der Waals surface area contributed by atoms with E-state index in [1.54, 1.807) is 0 Å². The first-order valence-electron chi connectivity index (χ1n) is 5.62. The van der Waals surface area contributed by atoms with E-state index in [0.29, 0.717) is 6.61 Å². The minimum absolute atomic E-state index is 0.0571. The number of hydrogen-bond acceptors (Lipinski definition) is 3. The third-order valence-electron chi connectivity index (χ3n) is 3.46. The summed E-state index contributed by atoms with van der Waals surface area (Å²) in [7, 11) is 0. The van der Waals surface area contributed by atoms with Crippen molar-refractivity contribution in [1.29, 1.82) is 0 Å². The Morgan fingerprint density at radius 3 is 2.50 bits per heavy atom. The van der Waals surface area contributed by atoms with Crippen molar-refractivity contribution in [1.82, 2.24) is 0 Å². The number of ether oxygens (including phenoxy) is 1. The minimum atomic E-state index is 0.0571. The first-order chi connectivity index (χ1) is 6.79. The zero-order valence-electron chi connectivity index (χ0n) is 9.04. The van der Waals surface area contributed by atoms with E-state index in [0.717, 1.165) is 38.7 Å². The number of aliphatic hydroxyl groups is 2. The van der Waals surface area contributed by atoms with Crippen LogP contribution in [0.25, 0.3) is 0 Å². The van der Waals surface area contributed by atoms with E-state index >= 15 is 0 Å². The molecule has 1 rings (SSSR count). The second-order valence-corrected chi connectivity index (χ2v) is 4.23. The van der Waals surface area contributed by atoms with Crippen molar-refractivity contribution < 1.29 is 14.9 Å². The summed E-state index contributed by atoms with van der Waals surface area (Å²) in [5, 5.41) is 17.7. The molecule has 2 unspecified atom stereocenters. The van der Waals surface area contributed by atoms with E-state index in [4.69, 9.17) is 14.9 Å². The standard InChI is InChI=1S/C11H22O3/c1-2-11(6-4-3-5-7-12)9-14-10(11)8-13/h10,12-13H,2-9H2,1H3. The van der Waals surface area contributed by atoms with Gasteiger partial charge in [0.05, 0.1) is 19.3 Å². The summed E-state index contributed by atoms with van der Waals surface area (Å²) >= 11 is 0. The second kappa shape index (κ2) is 5.69. The molecule has 1 aliphatic rings. The third kappa shape index (κ3) is 2.47. The highest BCUT2D eigenvalue weighted by Gasteiger charge is 2.45. The summed E-state index contributed by atoms with van der Waals surface area (Å²) in [6, 6.07) is 0. The molecule has 0 bridgehead atoms. The Bertz CT molecular complexity index is 155. The Balaban J connectivity index is 2.24. The van der Waals surface area contributed by atoms with Crippen LogP contribution in [0.4, 0.5) is 0 Å². The Hall–Kier alpha value is -0.120. The maximum absolute atomic E-state index is 9.09. The van der Waals surface area contributed by atoms with Crippen molar-refractivity contribution >= 4 is 0 Å². The molecule has 1 fully saturated rings. The Morgan fingerprint density at radius 2 is 2.07 bits per heavy atom. The highest BCUT2D eigenvalue weighted by molar-refractivity contribution is 4.93. The second-order valence-electron chi connectivity index (χ2n) is 4.23. The van der Waals surface area contributed by atoms with Crippen molar-refractivity contribution in [3.8, 4) is 0 Å². The normalized spacial score (nSPS) is 31.5. The van der Waals surface area contributed by atoms with E-state index in [1.165, 1.54) is 0 Å². The zero-order chi connectivity index (χ0) is 10.4. The van der Waals surface area contributed by atoms with Crippen LogP contribution in [0.2, 0.25) is 0 Å². The van der Waals surface area contributed by atoms with Crippen molar-refractivity contribution in [2.24, 2.45) is 5.41 Å². The molecule has 0 radical (unpaired) electrons. The molecule has 0 aliphatic carbocycles. The average Bonchev–Trinajstić information content (AvgIpc) is 2.17. The first-order valence-corrected chi connectivity index (χ1v) is 5.62. The SMILES string of the molecule is CCC1(CCCCCO)COC1CO. The molecular formula is C11H22O3. The minimum Gasteiger partial charge on any atom is -0.396 e. The maximum Gasteiger partial charge on any atom is 0.0883 e. The molecule has 84 valence electrons. The molecule has 1 aliphatic heterocycles. The Kier molecular flexibility index (Phi) is 4.85. The van der Waals surface area contributed by atoms with Gasteiger partial charge < -0.3 is 14.9 Å². The van der Waals surface area contributed by atoms with Gasteiger partial charge in [0.25, 0.3) is 0 Å². The summed E-state index contributed by atoms with van der Waals surface area (Å²) in [5.41, 5.74) is 0.226. The lowest BCUT2D eigenvalue weighted by atomic mass is 9.72. The third-order valence-corrected chi connectivity index (χ3v) is 3.46. The quantitative estimate of drug-likeness (QED) is 0.612. The molecule has 3 heteroatoms. The molecular weight excluding hydrogens is 180 g/mol. The van der Waals surface area contributed by atoms with Crippen molar-refractivity contribution in [2.75, 3.05) is 19.8 Å². The van der Waals surface area contributed by atoms with Crippen LogP contribution < -0.4 is 0 Å². The van der Waals surface area contributed by atoms with Crippen LogP contribution in [0.5, 0.6) is 0 Å². The van der Waals surface area contributed by atoms with E-state index in [1.807, 2.05) is 0 Å². The summed E-state index contributed by atoms with van der Waals surface area (Å²) in [5.74, 6) is 0. The molecule has 0 amide bonds. The summed E-state index contributed by atoms with van der Waals surface area (Å²) < 4.78 is 5.34. The van der Waals surface area contributed by atoms with Crippen molar-refractivity contribution in [3.05, 3.63) is 0 Å². The van der Waals surface area contributed by atoms with Gasteiger partial charge >= 0.3 is 0 Å². The fourth-order valence-corrected chi connectivity index (χ4v) is 2.19. The topological polar surface area (TPSA) is 49.7 Å². The molecule has 14 heavy (non-hydrogen) atoms. The van der Waals surface area contributed by atoms with Crippen molar-refractivity contribution in [3.63, 3.8) is 0 Å². The van der Waals surface area contributed by atoms with E-state index in [9.17, 15) is 0 Å². The van der Waals surface area contributed by atoms with Crippen LogP contribution in [0.1, 0.15) is 39.0 Å². The highest BCUT2D eigenvalue weighted by Crippen LogP contribution is 2.42. The maximum atomic E-state index is 9.09. The predicted molar refractivity (Wildman–Crippen MR) is 55.1 cm³/mol. The first kappa shape index (κ1) is 12.0. The van der Waals surface area contributed by atoms with Gasteiger partial charge in [0.2, 0.25) is 0 Å². The monoisotopic (exact) mass is 202 g/mol. The fourth-order valence-electron chi connectivity index (χ4n) is 2.19. The van der Waals surface area contributed by atoms with E-state index in [2.05, 4.69) is 6.92 Å². The van der Waals surface area contributed by atoms with Crippen molar-refractivity contribution in [2.45, 2.75) is 45.1 Å². The molecule has 2 atom stereocenters. The fraction of sp³-hybridized carbons (Fsp3) is 1.00. The van der Waals surface area contributed by atoms with E-state index < -0.39 is 0 Å². The van der Waals surface area contributed by atoms with Crippen LogP contribution >= 0.6 is 0 Å². The summed E-state index contributed by atoms with van der Waals surface area (Å²) in [4.78, 5) is 0. The zero-order valence-corrected chi connectivity index (χ0v) is 9.04. The number of aliphatic hydroxyl groups excluding tert-OH is 2. The van der Waals surface area contributed by atoms with Crippen LogP contribution in [0.3, 0.4) is 0 Å². The average molecular weight is 202 g/mol. The molecule has 0 saturated carbocycles. The largest absolute Gasteiger partial charge is 0.396 e. The van der Waals surface area contributed by atoms with Gasteiger partial charge in [0.15, 0.2) is 0 Å². The number of rotatable bonds is 7. The van der Waals surface area contributed by atoms with Crippen LogP contribution in [-0.4, -0.2) is 36.1 Å². The molecule has 1 saturated heterocycles. The Labute approximate surface area is 86.1 Å². The predicted octanol–water partition coefficient (Wildman–Crippen LogP) is 1.33. The Morgan fingerprint density at radius 1 is 1.29 bits per heavy atom. The van der Waals surface area contributed by atoms with Gasteiger partial charge in [-0.05, 0) is 19.3 Å². The number of unbranched alkanes of at least 4 members (excludes halogenated alkanes) is 2. The molecule has 2 N–H and O–H groups in total. The molecule has 0 aromatic heterocycles. The molecule has 0 aromatic rings. The van der Waals surface area contributed by atoms with Crippen LogP contribution in [-0.2, 0) is 4.74 Å². The van der Waals surface area contributed by atoms with Gasteiger partial charge in [-0.3, -0.25) is 0 Å². The van der Waals surface area contributed by atoms with Crippen LogP contribution in [0.15, 0.2) is 0 Å². The van der Waals surface area contributed by atoms with Gasteiger partial charge in [-0.25, -0.2) is 0 Å². The van der Waals surface area contributed by atoms with Gasteiger partial charge in [0, 0.05) is 12.0 Å². The van der Waals surface area contributed by atoms with Gasteiger partial charge in [-0.15, -0.1) is 0 Å². The summed E-state index contributed by atoms with van der Waals surface area (Å²) in [6.07, 6.45) is 5.36. The molecule has 3 nitrogen and oxygen atoms in total. The smallest absolute Gasteiger partial charge is 0.0883 e. The molecule has 1 heterocycles. The highest BCUT2D eigenvalue weighted by atomic mass is 16.5. The lowest BCUT2D eigenvalue weighted by molar-refractivity contribution is -0.207. The number of hydrogen-bond donors (Lipinski definition) is 2. The molecule has 0 aromatic carbocycles. The summed E-state index contributed by atoms with van der Waals surface area (Å²) in [6.45, 7) is 3.40. The van der Waals surface area contributed by atoms with Crippen LogP contribution in [0, 0.1) is 5.41 Å². The van der Waals surface area contributed by atoms with Gasteiger partial charge in [-0.2, -0.15) is 0 Å².